The SMILES string of the molecule is CC(=O)N(CC(=O)Nc1ccccc1OC(C)C)c1ccccc1C(C)(C)C. The minimum Gasteiger partial charge on any atom is -0.489 e. The number of hydrogen-bond donors (Lipinski definition) is 1. The zero-order valence-corrected chi connectivity index (χ0v) is 17.6. The summed E-state index contributed by atoms with van der Waals surface area (Å²) in [7, 11) is 0. The van der Waals surface area contributed by atoms with E-state index in [0.29, 0.717) is 11.4 Å². The number of amides is 2. The molecule has 1 N–H and O–H groups in total. The van der Waals surface area contributed by atoms with Crippen molar-refractivity contribution in [1.82, 2.24) is 0 Å². The van der Waals surface area contributed by atoms with Gasteiger partial charge in [-0.15, -0.1) is 0 Å². The van der Waals surface area contributed by atoms with Gasteiger partial charge in [-0.25, -0.2) is 0 Å². The number of ether oxygens (including phenoxy) is 1. The predicted molar refractivity (Wildman–Crippen MR) is 114 cm³/mol. The van der Waals surface area contributed by atoms with Crippen LogP contribution in [0, 0.1) is 0 Å². The van der Waals surface area contributed by atoms with Crippen molar-refractivity contribution >= 4 is 23.2 Å². The third-order valence-corrected chi connectivity index (χ3v) is 4.21. The third kappa shape index (κ3) is 5.59. The van der Waals surface area contributed by atoms with Gasteiger partial charge < -0.3 is 15.0 Å². The minimum absolute atomic E-state index is 0.00886. The summed E-state index contributed by atoms with van der Waals surface area (Å²) in [6.45, 7) is 11.5. The minimum atomic E-state index is -0.279. The van der Waals surface area contributed by atoms with Crippen LogP contribution in [0.4, 0.5) is 11.4 Å². The molecule has 0 atom stereocenters. The number of benzene rings is 2. The molecular weight excluding hydrogens is 352 g/mol. The molecule has 5 nitrogen and oxygen atoms in total. The van der Waals surface area contributed by atoms with Crippen molar-refractivity contribution in [2.45, 2.75) is 53.1 Å². The monoisotopic (exact) mass is 382 g/mol. The molecule has 5 heteroatoms. The van der Waals surface area contributed by atoms with Gasteiger partial charge in [0.25, 0.3) is 0 Å². The lowest BCUT2D eigenvalue weighted by atomic mass is 9.85. The van der Waals surface area contributed by atoms with Crippen molar-refractivity contribution < 1.29 is 14.3 Å². The number of carbonyl (C=O) groups is 2. The Morgan fingerprint density at radius 2 is 1.64 bits per heavy atom. The van der Waals surface area contributed by atoms with Crippen LogP contribution < -0.4 is 15.0 Å². The molecular formula is C23H30N2O3. The van der Waals surface area contributed by atoms with E-state index in [1.54, 1.807) is 6.07 Å². The summed E-state index contributed by atoms with van der Waals surface area (Å²) in [5.41, 5.74) is 2.21. The topological polar surface area (TPSA) is 58.6 Å². The molecule has 2 aromatic rings. The molecule has 2 rings (SSSR count). The van der Waals surface area contributed by atoms with Crippen LogP contribution in [0.1, 0.15) is 47.1 Å². The smallest absolute Gasteiger partial charge is 0.244 e. The van der Waals surface area contributed by atoms with Gasteiger partial charge in [0.15, 0.2) is 0 Å². The molecule has 0 heterocycles. The van der Waals surface area contributed by atoms with E-state index in [9.17, 15) is 9.59 Å². The molecule has 2 aromatic carbocycles. The van der Waals surface area contributed by atoms with Crippen molar-refractivity contribution in [3.63, 3.8) is 0 Å². The molecule has 0 spiro atoms. The van der Waals surface area contributed by atoms with Gasteiger partial charge in [-0.05, 0) is 43.0 Å². The van der Waals surface area contributed by atoms with Gasteiger partial charge in [0.2, 0.25) is 11.8 Å². The van der Waals surface area contributed by atoms with Crippen LogP contribution in [0.5, 0.6) is 5.75 Å². The zero-order valence-electron chi connectivity index (χ0n) is 17.6. The average molecular weight is 383 g/mol. The van der Waals surface area contributed by atoms with Crippen LogP contribution in [0.15, 0.2) is 48.5 Å². The van der Waals surface area contributed by atoms with Crippen LogP contribution in [0.3, 0.4) is 0 Å². The van der Waals surface area contributed by atoms with E-state index >= 15 is 0 Å². The molecule has 0 radical (unpaired) electrons. The maximum absolute atomic E-state index is 12.7. The van der Waals surface area contributed by atoms with E-state index in [-0.39, 0.29) is 29.9 Å². The second kappa shape index (κ2) is 8.91. The van der Waals surface area contributed by atoms with E-state index in [4.69, 9.17) is 4.74 Å². The number of para-hydroxylation sites is 3. The largest absolute Gasteiger partial charge is 0.489 e. The van der Waals surface area contributed by atoms with Crippen LogP contribution in [-0.2, 0) is 15.0 Å². The average Bonchev–Trinajstić information content (AvgIpc) is 2.60. The Kier molecular flexibility index (Phi) is 6.84. The van der Waals surface area contributed by atoms with E-state index in [1.807, 2.05) is 56.3 Å². The van der Waals surface area contributed by atoms with Crippen molar-refractivity contribution in [2.24, 2.45) is 0 Å². The summed E-state index contributed by atoms with van der Waals surface area (Å²) in [5.74, 6) is 0.146. The van der Waals surface area contributed by atoms with Crippen molar-refractivity contribution in [3.8, 4) is 5.75 Å². The molecule has 150 valence electrons. The van der Waals surface area contributed by atoms with Crippen molar-refractivity contribution in [1.29, 1.82) is 0 Å². The summed E-state index contributed by atoms with van der Waals surface area (Å²) >= 11 is 0. The quantitative estimate of drug-likeness (QED) is 0.783. The Labute approximate surface area is 167 Å². The highest BCUT2D eigenvalue weighted by Gasteiger charge is 2.24. The zero-order chi connectivity index (χ0) is 20.9. The maximum Gasteiger partial charge on any atom is 0.244 e. The highest BCUT2D eigenvalue weighted by atomic mass is 16.5. The van der Waals surface area contributed by atoms with Gasteiger partial charge in [-0.2, -0.15) is 0 Å². The molecule has 0 bridgehead atoms. The summed E-state index contributed by atoms with van der Waals surface area (Å²) in [6.07, 6.45) is -0.00886. The Morgan fingerprint density at radius 3 is 2.25 bits per heavy atom. The van der Waals surface area contributed by atoms with Crippen LogP contribution >= 0.6 is 0 Å². The third-order valence-electron chi connectivity index (χ3n) is 4.21. The molecule has 0 aromatic heterocycles. The van der Waals surface area contributed by atoms with Crippen LogP contribution in [-0.4, -0.2) is 24.5 Å². The highest BCUT2D eigenvalue weighted by molar-refractivity contribution is 6.02. The second-order valence-electron chi connectivity index (χ2n) is 8.08. The fourth-order valence-electron chi connectivity index (χ4n) is 2.97. The molecule has 0 unspecified atom stereocenters. The fraction of sp³-hybridized carbons (Fsp3) is 0.391. The van der Waals surface area contributed by atoms with E-state index < -0.39 is 0 Å². The first-order valence-corrected chi connectivity index (χ1v) is 9.52. The molecule has 0 saturated carbocycles. The number of hydrogen-bond acceptors (Lipinski definition) is 3. The first-order valence-electron chi connectivity index (χ1n) is 9.52. The molecule has 2 amide bonds. The lowest BCUT2D eigenvalue weighted by molar-refractivity contribution is -0.120. The number of nitrogens with zero attached hydrogens (tertiary/aromatic N) is 1. The van der Waals surface area contributed by atoms with Crippen LogP contribution in [0.25, 0.3) is 0 Å². The number of carbonyl (C=O) groups excluding carboxylic acids is 2. The van der Waals surface area contributed by atoms with Crippen LogP contribution in [0.2, 0.25) is 0 Å². The van der Waals surface area contributed by atoms with Gasteiger partial charge in [-0.3, -0.25) is 9.59 Å². The number of rotatable bonds is 6. The van der Waals surface area contributed by atoms with E-state index in [2.05, 4.69) is 26.1 Å². The van der Waals surface area contributed by atoms with E-state index in [0.717, 1.165) is 11.3 Å². The van der Waals surface area contributed by atoms with Gasteiger partial charge in [0, 0.05) is 12.6 Å². The lowest BCUT2D eigenvalue weighted by Crippen LogP contribution is -2.38. The van der Waals surface area contributed by atoms with Gasteiger partial charge in [0.1, 0.15) is 12.3 Å². The summed E-state index contributed by atoms with van der Waals surface area (Å²) < 4.78 is 5.75. The number of nitrogens with one attached hydrogen (secondary N) is 1. The fourth-order valence-corrected chi connectivity index (χ4v) is 2.97. The Hall–Kier alpha value is -2.82. The Balaban J connectivity index is 2.26. The highest BCUT2D eigenvalue weighted by Crippen LogP contribution is 2.32. The van der Waals surface area contributed by atoms with Crippen molar-refractivity contribution in [2.75, 3.05) is 16.8 Å². The van der Waals surface area contributed by atoms with Gasteiger partial charge >= 0.3 is 0 Å². The summed E-state index contributed by atoms with van der Waals surface area (Å²) in [4.78, 5) is 26.6. The standard InChI is InChI=1S/C23H30N2O3/c1-16(2)28-21-14-10-8-12-19(21)24-22(27)15-25(17(3)26)20-13-9-7-11-18(20)23(4,5)6/h7-14,16H,15H2,1-6H3,(H,24,27). The molecule has 0 aliphatic carbocycles. The van der Waals surface area contributed by atoms with Gasteiger partial charge in [-0.1, -0.05) is 51.1 Å². The normalized spacial score (nSPS) is 11.2. The second-order valence-corrected chi connectivity index (χ2v) is 8.08. The predicted octanol–water partition coefficient (Wildman–Crippen LogP) is 4.76. The Morgan fingerprint density at radius 1 is 1.04 bits per heavy atom. The summed E-state index contributed by atoms with van der Waals surface area (Å²) in [6, 6.07) is 15.0. The van der Waals surface area contributed by atoms with E-state index in [1.165, 1.54) is 11.8 Å². The summed E-state index contributed by atoms with van der Waals surface area (Å²) in [5, 5.41) is 2.87. The molecule has 0 aliphatic heterocycles. The molecule has 0 saturated heterocycles. The lowest BCUT2D eigenvalue weighted by Gasteiger charge is -2.29. The maximum atomic E-state index is 12.7. The molecule has 0 fully saturated rings. The van der Waals surface area contributed by atoms with Gasteiger partial charge in [0.05, 0.1) is 11.8 Å². The first kappa shape index (κ1) is 21.5. The Bertz CT molecular complexity index is 838. The molecule has 28 heavy (non-hydrogen) atoms. The number of anilines is 2. The first-order chi connectivity index (χ1) is 13.1. The van der Waals surface area contributed by atoms with Crippen molar-refractivity contribution in [3.05, 3.63) is 54.1 Å². The molecule has 0 aliphatic rings.